The summed E-state index contributed by atoms with van der Waals surface area (Å²) in [4.78, 5) is 17.4. The van der Waals surface area contributed by atoms with E-state index in [4.69, 9.17) is 19.3 Å². The van der Waals surface area contributed by atoms with Crippen LogP contribution in [0.3, 0.4) is 0 Å². The first kappa shape index (κ1) is 25.8. The molecule has 2 atom stereocenters. The monoisotopic (exact) mass is 420 g/mol. The zero-order chi connectivity index (χ0) is 20.5. The minimum absolute atomic E-state index is 0.132. The van der Waals surface area contributed by atoms with Gasteiger partial charge in [-0.25, -0.2) is 4.57 Å². The normalized spacial score (nSPS) is 20.4. The van der Waals surface area contributed by atoms with Crippen LogP contribution in [0, 0.1) is 0 Å². The molecule has 0 aromatic carbocycles. The van der Waals surface area contributed by atoms with Crippen molar-refractivity contribution in [2.24, 2.45) is 0 Å². The van der Waals surface area contributed by atoms with Gasteiger partial charge >= 0.3 is 7.82 Å². The summed E-state index contributed by atoms with van der Waals surface area (Å²) in [7, 11) is -4.43. The summed E-state index contributed by atoms with van der Waals surface area (Å²) in [5, 5.41) is 0. The van der Waals surface area contributed by atoms with Crippen LogP contribution in [-0.2, 0) is 18.6 Å². The largest absolute Gasteiger partial charge is 0.469 e. The molecule has 1 rings (SSSR count). The van der Waals surface area contributed by atoms with Gasteiger partial charge in [0, 0.05) is 0 Å². The van der Waals surface area contributed by atoms with E-state index in [0.717, 1.165) is 19.3 Å². The Morgan fingerprint density at radius 2 is 1.50 bits per heavy atom. The molecule has 166 valence electrons. The van der Waals surface area contributed by atoms with Crippen LogP contribution in [0.15, 0.2) is 12.2 Å². The van der Waals surface area contributed by atoms with Crippen LogP contribution in [0.2, 0.25) is 0 Å². The number of hydrogen-bond acceptors (Lipinski definition) is 4. The van der Waals surface area contributed by atoms with Crippen LogP contribution in [0.1, 0.15) is 96.8 Å². The Morgan fingerprint density at radius 3 is 2.11 bits per heavy atom. The highest BCUT2D eigenvalue weighted by Crippen LogP contribution is 2.36. The number of unbranched alkanes of at least 4 members (excludes halogenated alkanes) is 11. The Labute approximate surface area is 171 Å². The van der Waals surface area contributed by atoms with E-state index in [1.807, 2.05) is 0 Å². The standard InChI is InChI=1S/C21H41O6P/c1-2-3-4-5-6-7-8-9-10-11-12-13-14-15-16-17-21-25-18-20(27-21)19-26-28(22,23)24/h9-10,20-21H,2-8,11-19H2,1H3,(H2,22,23,24)/b10-9-/t20-,21-/m0/s1. The molecule has 0 aliphatic carbocycles. The fourth-order valence-electron chi connectivity index (χ4n) is 3.31. The van der Waals surface area contributed by atoms with Crippen LogP contribution in [0.25, 0.3) is 0 Å². The van der Waals surface area contributed by atoms with E-state index in [1.54, 1.807) is 0 Å². The zero-order valence-electron chi connectivity index (χ0n) is 17.6. The molecular formula is C21H41O6P. The van der Waals surface area contributed by atoms with Crippen molar-refractivity contribution >= 4 is 7.82 Å². The molecule has 28 heavy (non-hydrogen) atoms. The number of rotatable bonds is 18. The SMILES string of the molecule is CCCCCCCC/C=C\CCCCCCC[C@H]1OC[C@@H](COP(=O)(O)O)O1. The van der Waals surface area contributed by atoms with Gasteiger partial charge < -0.3 is 19.3 Å². The van der Waals surface area contributed by atoms with E-state index in [9.17, 15) is 4.57 Å². The Bertz CT molecular complexity index is 437. The van der Waals surface area contributed by atoms with Gasteiger partial charge in [-0.3, -0.25) is 4.52 Å². The van der Waals surface area contributed by atoms with E-state index < -0.39 is 7.82 Å². The molecule has 0 unspecified atom stereocenters. The van der Waals surface area contributed by atoms with Crippen molar-refractivity contribution in [3.05, 3.63) is 12.2 Å². The first-order chi connectivity index (χ1) is 13.5. The topological polar surface area (TPSA) is 85.2 Å². The zero-order valence-corrected chi connectivity index (χ0v) is 18.5. The minimum Gasteiger partial charge on any atom is -0.350 e. The van der Waals surface area contributed by atoms with Gasteiger partial charge in [0.25, 0.3) is 0 Å². The van der Waals surface area contributed by atoms with Crippen molar-refractivity contribution in [1.29, 1.82) is 0 Å². The van der Waals surface area contributed by atoms with Gasteiger partial charge in [0.05, 0.1) is 13.2 Å². The van der Waals surface area contributed by atoms with Gasteiger partial charge in [0.1, 0.15) is 6.10 Å². The molecule has 7 heteroatoms. The highest BCUT2D eigenvalue weighted by Gasteiger charge is 2.28. The molecule has 1 fully saturated rings. The van der Waals surface area contributed by atoms with Crippen LogP contribution < -0.4 is 0 Å². The minimum atomic E-state index is -4.43. The van der Waals surface area contributed by atoms with E-state index in [-0.39, 0.29) is 19.0 Å². The first-order valence-electron chi connectivity index (χ1n) is 11.1. The molecule has 0 amide bonds. The average molecular weight is 421 g/mol. The summed E-state index contributed by atoms with van der Waals surface area (Å²) in [6.07, 6.45) is 21.4. The lowest BCUT2D eigenvalue weighted by Gasteiger charge is -2.12. The van der Waals surface area contributed by atoms with Crippen LogP contribution in [-0.4, -0.2) is 35.4 Å². The lowest BCUT2D eigenvalue weighted by molar-refractivity contribution is -0.0698. The average Bonchev–Trinajstić information content (AvgIpc) is 3.10. The third-order valence-corrected chi connectivity index (χ3v) is 5.43. The molecule has 0 radical (unpaired) electrons. The molecule has 1 heterocycles. The maximum atomic E-state index is 10.7. The molecule has 1 aliphatic heterocycles. The maximum Gasteiger partial charge on any atom is 0.469 e. The molecule has 0 saturated carbocycles. The summed E-state index contributed by atoms with van der Waals surface area (Å²) >= 11 is 0. The van der Waals surface area contributed by atoms with Gasteiger partial charge in [-0.15, -0.1) is 0 Å². The predicted octanol–water partition coefficient (Wildman–Crippen LogP) is 5.87. The van der Waals surface area contributed by atoms with E-state index in [1.165, 1.54) is 70.6 Å². The molecule has 0 spiro atoms. The molecular weight excluding hydrogens is 379 g/mol. The second-order valence-electron chi connectivity index (χ2n) is 7.68. The number of phosphoric acid groups is 1. The van der Waals surface area contributed by atoms with Crippen molar-refractivity contribution in [3.63, 3.8) is 0 Å². The molecule has 1 aliphatic rings. The van der Waals surface area contributed by atoms with Crippen molar-refractivity contribution in [2.75, 3.05) is 13.2 Å². The third-order valence-electron chi connectivity index (χ3n) is 4.94. The fraction of sp³-hybridized carbons (Fsp3) is 0.905. The van der Waals surface area contributed by atoms with E-state index in [0.29, 0.717) is 6.61 Å². The summed E-state index contributed by atoms with van der Waals surface area (Å²) in [6.45, 7) is 2.45. The molecule has 1 saturated heterocycles. The second kappa shape index (κ2) is 16.6. The first-order valence-corrected chi connectivity index (χ1v) is 12.7. The Balaban J connectivity index is 1.83. The van der Waals surface area contributed by atoms with Crippen LogP contribution >= 0.6 is 7.82 Å². The Morgan fingerprint density at radius 1 is 0.929 bits per heavy atom. The van der Waals surface area contributed by atoms with E-state index in [2.05, 4.69) is 23.6 Å². The molecule has 0 aromatic heterocycles. The number of ether oxygens (including phenoxy) is 2. The van der Waals surface area contributed by atoms with Crippen LogP contribution in [0.4, 0.5) is 0 Å². The quantitative estimate of drug-likeness (QED) is 0.164. The van der Waals surface area contributed by atoms with Gasteiger partial charge in [0.2, 0.25) is 0 Å². The molecule has 2 N–H and O–H groups in total. The van der Waals surface area contributed by atoms with Crippen LogP contribution in [0.5, 0.6) is 0 Å². The highest BCUT2D eigenvalue weighted by atomic mass is 31.2. The second-order valence-corrected chi connectivity index (χ2v) is 8.92. The number of allylic oxidation sites excluding steroid dienone is 2. The summed E-state index contributed by atoms with van der Waals surface area (Å²) in [5.41, 5.74) is 0. The third kappa shape index (κ3) is 15.7. The van der Waals surface area contributed by atoms with Gasteiger partial charge in [0.15, 0.2) is 6.29 Å². The summed E-state index contributed by atoms with van der Waals surface area (Å²) in [5.74, 6) is 0. The number of phosphoric ester groups is 1. The van der Waals surface area contributed by atoms with Gasteiger partial charge in [-0.1, -0.05) is 70.4 Å². The summed E-state index contributed by atoms with van der Waals surface area (Å²) in [6, 6.07) is 0. The van der Waals surface area contributed by atoms with Crippen molar-refractivity contribution in [2.45, 2.75) is 109 Å². The maximum absolute atomic E-state index is 10.7. The molecule has 6 nitrogen and oxygen atoms in total. The Hall–Kier alpha value is -0.230. The lowest BCUT2D eigenvalue weighted by atomic mass is 10.1. The van der Waals surface area contributed by atoms with Gasteiger partial charge in [-0.05, 0) is 38.5 Å². The van der Waals surface area contributed by atoms with E-state index >= 15 is 0 Å². The van der Waals surface area contributed by atoms with Crippen molar-refractivity contribution in [3.8, 4) is 0 Å². The predicted molar refractivity (Wildman–Crippen MR) is 112 cm³/mol. The summed E-state index contributed by atoms with van der Waals surface area (Å²) < 4.78 is 26.2. The fourth-order valence-corrected chi connectivity index (χ4v) is 3.67. The lowest BCUT2D eigenvalue weighted by Crippen LogP contribution is -2.18. The molecule has 0 bridgehead atoms. The molecule has 0 aromatic rings. The number of hydrogen-bond donors (Lipinski definition) is 2. The van der Waals surface area contributed by atoms with Crippen molar-refractivity contribution in [1.82, 2.24) is 0 Å². The highest BCUT2D eigenvalue weighted by molar-refractivity contribution is 7.46. The Kier molecular flexibility index (Phi) is 15.3. The van der Waals surface area contributed by atoms with Gasteiger partial charge in [-0.2, -0.15) is 0 Å². The van der Waals surface area contributed by atoms with Crippen molar-refractivity contribution < 1.29 is 28.3 Å². The smallest absolute Gasteiger partial charge is 0.350 e.